The van der Waals surface area contributed by atoms with Crippen molar-refractivity contribution in [3.8, 4) is 0 Å². The van der Waals surface area contributed by atoms with Gasteiger partial charge in [0.25, 0.3) is 0 Å². The Morgan fingerprint density at radius 2 is 2.21 bits per heavy atom. The summed E-state index contributed by atoms with van der Waals surface area (Å²) in [5.74, 6) is 0. The molecular formula is C13H20N2O3S. The summed E-state index contributed by atoms with van der Waals surface area (Å²) in [6, 6.07) is 7.08. The fourth-order valence-corrected chi connectivity index (χ4v) is 2.90. The van der Waals surface area contributed by atoms with E-state index in [-0.39, 0.29) is 17.0 Å². The monoisotopic (exact) mass is 284 g/mol. The van der Waals surface area contributed by atoms with Crippen LogP contribution < -0.4 is 10.5 Å². The molecule has 3 unspecified atom stereocenters. The molecule has 1 fully saturated rings. The Kier molecular flexibility index (Phi) is 4.25. The number of ether oxygens (including phenoxy) is 1. The van der Waals surface area contributed by atoms with Crippen molar-refractivity contribution in [2.24, 2.45) is 5.14 Å². The van der Waals surface area contributed by atoms with Crippen LogP contribution in [0.4, 0.5) is 0 Å². The second-order valence-electron chi connectivity index (χ2n) is 4.98. The van der Waals surface area contributed by atoms with Crippen LogP contribution in [0.5, 0.6) is 0 Å². The van der Waals surface area contributed by atoms with Crippen LogP contribution in [0.3, 0.4) is 0 Å². The first-order chi connectivity index (χ1) is 8.88. The van der Waals surface area contributed by atoms with Gasteiger partial charge in [-0.1, -0.05) is 12.1 Å². The van der Waals surface area contributed by atoms with Gasteiger partial charge in [-0.15, -0.1) is 0 Å². The molecule has 0 saturated carbocycles. The molecule has 1 heterocycles. The van der Waals surface area contributed by atoms with E-state index in [2.05, 4.69) is 5.32 Å². The standard InChI is InChI=1S/C13H20N2O3S/c1-9(15-13-6-7-18-10(13)2)11-4-3-5-12(8-11)19(14,16)17/h3-5,8-10,13,15H,6-7H2,1-2H3,(H2,14,16,17). The van der Waals surface area contributed by atoms with Gasteiger partial charge in [0.2, 0.25) is 10.0 Å². The molecule has 1 aliphatic heterocycles. The minimum Gasteiger partial charge on any atom is -0.377 e. The lowest BCUT2D eigenvalue weighted by atomic mass is 10.1. The zero-order valence-corrected chi connectivity index (χ0v) is 12.0. The first kappa shape index (κ1) is 14.5. The largest absolute Gasteiger partial charge is 0.377 e. The maximum Gasteiger partial charge on any atom is 0.238 e. The lowest BCUT2D eigenvalue weighted by Gasteiger charge is -2.22. The van der Waals surface area contributed by atoms with Crippen LogP contribution in [-0.2, 0) is 14.8 Å². The molecule has 106 valence electrons. The molecule has 1 aromatic rings. The zero-order chi connectivity index (χ0) is 14.0. The third kappa shape index (κ3) is 3.54. The normalized spacial score (nSPS) is 25.4. The summed E-state index contributed by atoms with van der Waals surface area (Å²) < 4.78 is 28.2. The van der Waals surface area contributed by atoms with Gasteiger partial charge in [0, 0.05) is 18.7 Å². The second kappa shape index (κ2) is 5.58. The molecule has 19 heavy (non-hydrogen) atoms. The highest BCUT2D eigenvalue weighted by Crippen LogP contribution is 2.20. The highest BCUT2D eigenvalue weighted by Gasteiger charge is 2.25. The molecular weight excluding hydrogens is 264 g/mol. The van der Waals surface area contributed by atoms with Gasteiger partial charge in [0.05, 0.1) is 11.0 Å². The Morgan fingerprint density at radius 1 is 1.47 bits per heavy atom. The molecule has 0 radical (unpaired) electrons. The number of nitrogens with two attached hydrogens (primary N) is 1. The van der Waals surface area contributed by atoms with Crippen molar-refractivity contribution in [1.82, 2.24) is 5.32 Å². The topological polar surface area (TPSA) is 81.4 Å². The van der Waals surface area contributed by atoms with Crippen LogP contribution in [0, 0.1) is 0 Å². The van der Waals surface area contributed by atoms with Gasteiger partial charge < -0.3 is 10.1 Å². The van der Waals surface area contributed by atoms with E-state index < -0.39 is 10.0 Å². The van der Waals surface area contributed by atoms with E-state index in [1.54, 1.807) is 12.1 Å². The van der Waals surface area contributed by atoms with Gasteiger partial charge in [0.15, 0.2) is 0 Å². The van der Waals surface area contributed by atoms with Crippen molar-refractivity contribution >= 4 is 10.0 Å². The SMILES string of the molecule is CC(NC1CCOC1C)c1cccc(S(N)(=O)=O)c1. The fourth-order valence-electron chi connectivity index (χ4n) is 2.33. The third-order valence-corrected chi connectivity index (χ3v) is 4.44. The van der Waals surface area contributed by atoms with E-state index in [4.69, 9.17) is 9.88 Å². The molecule has 0 aromatic heterocycles. The number of rotatable bonds is 4. The Balaban J connectivity index is 2.13. The first-order valence-corrected chi connectivity index (χ1v) is 7.93. The Morgan fingerprint density at radius 3 is 2.79 bits per heavy atom. The molecule has 3 N–H and O–H groups in total. The van der Waals surface area contributed by atoms with Crippen molar-refractivity contribution < 1.29 is 13.2 Å². The Hall–Kier alpha value is -0.950. The van der Waals surface area contributed by atoms with E-state index in [1.807, 2.05) is 19.9 Å². The summed E-state index contributed by atoms with van der Waals surface area (Å²) in [6.07, 6.45) is 1.16. The molecule has 3 atom stereocenters. The van der Waals surface area contributed by atoms with Gasteiger partial charge in [-0.25, -0.2) is 13.6 Å². The van der Waals surface area contributed by atoms with Gasteiger partial charge in [-0.05, 0) is 38.0 Å². The minimum absolute atomic E-state index is 0.0517. The lowest BCUT2D eigenvalue weighted by Crippen LogP contribution is -2.36. The minimum atomic E-state index is -3.65. The van der Waals surface area contributed by atoms with Gasteiger partial charge in [-0.3, -0.25) is 0 Å². The van der Waals surface area contributed by atoms with Crippen LogP contribution in [-0.4, -0.2) is 27.2 Å². The van der Waals surface area contributed by atoms with Crippen molar-refractivity contribution in [2.45, 2.75) is 43.4 Å². The smallest absolute Gasteiger partial charge is 0.238 e. The molecule has 0 spiro atoms. The van der Waals surface area contributed by atoms with Crippen LogP contribution in [0.15, 0.2) is 29.2 Å². The number of benzene rings is 1. The molecule has 1 aliphatic rings. The van der Waals surface area contributed by atoms with E-state index in [1.165, 1.54) is 6.07 Å². The van der Waals surface area contributed by atoms with Crippen LogP contribution in [0.1, 0.15) is 31.9 Å². The maximum atomic E-state index is 11.3. The zero-order valence-electron chi connectivity index (χ0n) is 11.2. The van der Waals surface area contributed by atoms with Crippen molar-refractivity contribution in [2.75, 3.05) is 6.61 Å². The number of primary sulfonamides is 1. The summed E-state index contributed by atoms with van der Waals surface area (Å²) in [5, 5.41) is 8.61. The Labute approximate surface area is 114 Å². The van der Waals surface area contributed by atoms with Gasteiger partial charge in [0.1, 0.15) is 0 Å². The summed E-state index contributed by atoms with van der Waals surface area (Å²) in [5.41, 5.74) is 0.908. The predicted molar refractivity (Wildman–Crippen MR) is 73.2 cm³/mol. The van der Waals surface area contributed by atoms with Crippen molar-refractivity contribution in [1.29, 1.82) is 0 Å². The molecule has 5 nitrogen and oxygen atoms in total. The molecule has 0 aliphatic carbocycles. The van der Waals surface area contributed by atoms with Crippen molar-refractivity contribution in [3.05, 3.63) is 29.8 Å². The Bertz CT molecular complexity index is 545. The first-order valence-electron chi connectivity index (χ1n) is 6.38. The molecule has 0 amide bonds. The number of nitrogens with one attached hydrogen (secondary N) is 1. The van der Waals surface area contributed by atoms with E-state index in [0.717, 1.165) is 18.6 Å². The molecule has 1 saturated heterocycles. The summed E-state index contributed by atoms with van der Waals surface area (Å²) >= 11 is 0. The van der Waals surface area contributed by atoms with Crippen LogP contribution in [0.2, 0.25) is 0 Å². The number of hydrogen-bond donors (Lipinski definition) is 2. The second-order valence-corrected chi connectivity index (χ2v) is 6.54. The van der Waals surface area contributed by atoms with Crippen LogP contribution >= 0.6 is 0 Å². The van der Waals surface area contributed by atoms with Crippen LogP contribution in [0.25, 0.3) is 0 Å². The summed E-state index contributed by atoms with van der Waals surface area (Å²) in [6.45, 7) is 4.81. The fraction of sp³-hybridized carbons (Fsp3) is 0.538. The van der Waals surface area contributed by atoms with Gasteiger partial charge >= 0.3 is 0 Å². The van der Waals surface area contributed by atoms with Gasteiger partial charge in [-0.2, -0.15) is 0 Å². The van der Waals surface area contributed by atoms with E-state index in [9.17, 15) is 8.42 Å². The number of hydrogen-bond acceptors (Lipinski definition) is 4. The predicted octanol–water partition coefficient (Wildman–Crippen LogP) is 1.16. The highest BCUT2D eigenvalue weighted by molar-refractivity contribution is 7.89. The quantitative estimate of drug-likeness (QED) is 0.869. The summed E-state index contributed by atoms with van der Waals surface area (Å²) in [4.78, 5) is 0.148. The van der Waals surface area contributed by atoms with Crippen molar-refractivity contribution in [3.63, 3.8) is 0 Å². The molecule has 1 aromatic carbocycles. The average molecular weight is 284 g/mol. The lowest BCUT2D eigenvalue weighted by molar-refractivity contribution is 0.111. The molecule has 2 rings (SSSR count). The van der Waals surface area contributed by atoms with E-state index >= 15 is 0 Å². The maximum absolute atomic E-state index is 11.3. The molecule has 0 bridgehead atoms. The average Bonchev–Trinajstić information content (AvgIpc) is 2.74. The number of sulfonamides is 1. The van der Waals surface area contributed by atoms with E-state index in [0.29, 0.717) is 6.04 Å². The highest BCUT2D eigenvalue weighted by atomic mass is 32.2. The molecule has 6 heteroatoms. The third-order valence-electron chi connectivity index (χ3n) is 3.53. The summed E-state index contributed by atoms with van der Waals surface area (Å²) in [7, 11) is -3.65.